The minimum atomic E-state index is -0.143. The molecule has 1 aliphatic rings. The lowest BCUT2D eigenvalue weighted by Crippen LogP contribution is -2.48. The van der Waals surface area contributed by atoms with Crippen LogP contribution in [0.4, 0.5) is 11.4 Å². The number of ether oxygens (including phenoxy) is 1. The van der Waals surface area contributed by atoms with Crippen LogP contribution in [0.25, 0.3) is 0 Å². The number of nitrogens with zero attached hydrogens (tertiary/aromatic N) is 2. The summed E-state index contributed by atoms with van der Waals surface area (Å²) in [5, 5.41) is 5.65. The highest BCUT2D eigenvalue weighted by molar-refractivity contribution is 5.97. The molecule has 29 heavy (non-hydrogen) atoms. The molecule has 1 aliphatic heterocycles. The van der Waals surface area contributed by atoms with E-state index < -0.39 is 0 Å². The maximum atomic E-state index is 12.5. The molecule has 0 saturated carbocycles. The van der Waals surface area contributed by atoms with Gasteiger partial charge in [0.05, 0.1) is 19.3 Å². The van der Waals surface area contributed by atoms with Crippen molar-refractivity contribution in [3.63, 3.8) is 0 Å². The highest BCUT2D eigenvalue weighted by Crippen LogP contribution is 2.28. The molecular formula is C22H28N4O3. The van der Waals surface area contributed by atoms with Crippen LogP contribution in [0.3, 0.4) is 0 Å². The number of benzene rings is 2. The van der Waals surface area contributed by atoms with Crippen LogP contribution in [-0.2, 0) is 4.79 Å². The normalized spacial score (nSPS) is 14.3. The van der Waals surface area contributed by atoms with Crippen molar-refractivity contribution in [3.05, 3.63) is 54.1 Å². The Balaban J connectivity index is 1.51. The average molecular weight is 396 g/mol. The first-order valence-electron chi connectivity index (χ1n) is 9.89. The number of methoxy groups -OCH3 is 1. The highest BCUT2D eigenvalue weighted by atomic mass is 16.5. The molecule has 2 N–H and O–H groups in total. The third kappa shape index (κ3) is 5.48. The molecule has 0 spiro atoms. The molecule has 2 aromatic rings. The molecule has 7 nitrogen and oxygen atoms in total. The molecule has 0 aliphatic carbocycles. The fourth-order valence-electron chi connectivity index (χ4n) is 3.44. The lowest BCUT2D eigenvalue weighted by Gasteiger charge is -2.36. The van der Waals surface area contributed by atoms with Crippen molar-refractivity contribution in [2.24, 2.45) is 0 Å². The molecule has 1 heterocycles. The van der Waals surface area contributed by atoms with Gasteiger partial charge in [0.1, 0.15) is 5.75 Å². The summed E-state index contributed by atoms with van der Waals surface area (Å²) in [6, 6.07) is 15.0. The van der Waals surface area contributed by atoms with E-state index in [0.29, 0.717) is 24.3 Å². The minimum Gasteiger partial charge on any atom is -0.495 e. The number of hydrogen-bond donors (Lipinski definition) is 2. The predicted octanol–water partition coefficient (Wildman–Crippen LogP) is 2.21. The predicted molar refractivity (Wildman–Crippen MR) is 115 cm³/mol. The summed E-state index contributed by atoms with van der Waals surface area (Å²) in [6.45, 7) is 6.02. The van der Waals surface area contributed by atoms with Gasteiger partial charge in [0.2, 0.25) is 5.91 Å². The van der Waals surface area contributed by atoms with E-state index in [9.17, 15) is 9.59 Å². The SMILES string of the molecule is CCNC(=O)c1cccc(NC(=O)CN2CCN(c3ccccc3OC)CC2)c1. The molecule has 1 saturated heterocycles. The van der Waals surface area contributed by atoms with Crippen LogP contribution in [0.2, 0.25) is 0 Å². The van der Waals surface area contributed by atoms with Gasteiger partial charge in [-0.25, -0.2) is 0 Å². The van der Waals surface area contributed by atoms with Gasteiger partial charge in [0.25, 0.3) is 5.91 Å². The number of hydrogen-bond acceptors (Lipinski definition) is 5. The lowest BCUT2D eigenvalue weighted by molar-refractivity contribution is -0.117. The Labute approximate surface area is 171 Å². The van der Waals surface area contributed by atoms with Gasteiger partial charge in [-0.15, -0.1) is 0 Å². The molecule has 1 fully saturated rings. The monoisotopic (exact) mass is 396 g/mol. The van der Waals surface area contributed by atoms with Gasteiger partial charge < -0.3 is 20.3 Å². The summed E-state index contributed by atoms with van der Waals surface area (Å²) >= 11 is 0. The van der Waals surface area contributed by atoms with Crippen molar-refractivity contribution >= 4 is 23.2 Å². The smallest absolute Gasteiger partial charge is 0.251 e. The average Bonchev–Trinajstić information content (AvgIpc) is 2.74. The number of para-hydroxylation sites is 2. The second kappa shape index (κ2) is 9.93. The molecule has 7 heteroatoms. The van der Waals surface area contributed by atoms with E-state index in [1.807, 2.05) is 25.1 Å². The molecule has 0 atom stereocenters. The van der Waals surface area contributed by atoms with Crippen LogP contribution in [-0.4, -0.2) is 63.1 Å². The second-order valence-electron chi connectivity index (χ2n) is 6.92. The van der Waals surface area contributed by atoms with Crippen LogP contribution in [0, 0.1) is 0 Å². The van der Waals surface area contributed by atoms with E-state index in [4.69, 9.17) is 4.74 Å². The summed E-state index contributed by atoms with van der Waals surface area (Å²) in [5.41, 5.74) is 2.25. The molecule has 2 aromatic carbocycles. The summed E-state index contributed by atoms with van der Waals surface area (Å²) < 4.78 is 5.45. The topological polar surface area (TPSA) is 73.9 Å². The zero-order chi connectivity index (χ0) is 20.6. The molecule has 2 amide bonds. The standard InChI is InChI=1S/C22H28N4O3/c1-3-23-22(28)17-7-6-8-18(15-17)24-21(27)16-25-11-13-26(14-12-25)19-9-4-5-10-20(19)29-2/h4-10,15H,3,11-14,16H2,1-2H3,(H,23,28)(H,24,27). The van der Waals surface area contributed by atoms with Crippen molar-refractivity contribution in [1.29, 1.82) is 0 Å². The minimum absolute atomic E-state index is 0.0798. The molecule has 0 unspecified atom stereocenters. The number of carbonyl (C=O) groups excluding carboxylic acids is 2. The highest BCUT2D eigenvalue weighted by Gasteiger charge is 2.21. The maximum Gasteiger partial charge on any atom is 0.251 e. The van der Waals surface area contributed by atoms with Crippen molar-refractivity contribution < 1.29 is 14.3 Å². The van der Waals surface area contributed by atoms with Gasteiger partial charge in [-0.05, 0) is 37.3 Å². The van der Waals surface area contributed by atoms with Gasteiger partial charge in [0, 0.05) is 44.0 Å². The van der Waals surface area contributed by atoms with Gasteiger partial charge in [-0.3, -0.25) is 14.5 Å². The largest absolute Gasteiger partial charge is 0.495 e. The van der Waals surface area contributed by atoms with Gasteiger partial charge in [-0.1, -0.05) is 18.2 Å². The van der Waals surface area contributed by atoms with Crippen LogP contribution < -0.4 is 20.3 Å². The van der Waals surface area contributed by atoms with E-state index in [2.05, 4.69) is 26.5 Å². The summed E-state index contributed by atoms with van der Waals surface area (Å²) in [5.74, 6) is 0.644. The molecule has 3 rings (SSSR count). The maximum absolute atomic E-state index is 12.5. The van der Waals surface area contributed by atoms with Crippen LogP contribution >= 0.6 is 0 Å². The first-order valence-corrected chi connectivity index (χ1v) is 9.89. The van der Waals surface area contributed by atoms with Crippen molar-refractivity contribution in [2.45, 2.75) is 6.92 Å². The summed E-state index contributed by atoms with van der Waals surface area (Å²) in [6.07, 6.45) is 0. The number of carbonyl (C=O) groups is 2. The van der Waals surface area contributed by atoms with Crippen LogP contribution in [0.15, 0.2) is 48.5 Å². The quantitative estimate of drug-likeness (QED) is 0.751. The van der Waals surface area contributed by atoms with E-state index in [-0.39, 0.29) is 11.8 Å². The van der Waals surface area contributed by atoms with Gasteiger partial charge in [0.15, 0.2) is 0 Å². The van der Waals surface area contributed by atoms with Crippen LogP contribution in [0.5, 0.6) is 5.75 Å². The number of amides is 2. The molecule has 0 aromatic heterocycles. The Morgan fingerprint density at radius 3 is 2.52 bits per heavy atom. The first kappa shape index (κ1) is 20.7. The number of rotatable bonds is 7. The molecule has 154 valence electrons. The van der Waals surface area contributed by atoms with E-state index in [1.165, 1.54) is 0 Å². The fraction of sp³-hybridized carbons (Fsp3) is 0.364. The first-order chi connectivity index (χ1) is 14.1. The number of anilines is 2. The molecule has 0 bridgehead atoms. The van der Waals surface area contributed by atoms with E-state index >= 15 is 0 Å². The van der Waals surface area contributed by atoms with Crippen molar-refractivity contribution in [3.8, 4) is 5.75 Å². The summed E-state index contributed by atoms with van der Waals surface area (Å²) in [4.78, 5) is 28.8. The van der Waals surface area contributed by atoms with E-state index in [0.717, 1.165) is 37.6 Å². The second-order valence-corrected chi connectivity index (χ2v) is 6.92. The fourth-order valence-corrected chi connectivity index (χ4v) is 3.44. The van der Waals surface area contributed by atoms with Gasteiger partial charge in [-0.2, -0.15) is 0 Å². The van der Waals surface area contributed by atoms with E-state index in [1.54, 1.807) is 31.4 Å². The Kier molecular flexibility index (Phi) is 7.08. The Morgan fingerprint density at radius 1 is 1.03 bits per heavy atom. The zero-order valence-corrected chi connectivity index (χ0v) is 17.0. The zero-order valence-electron chi connectivity index (χ0n) is 17.0. The number of nitrogens with one attached hydrogen (secondary N) is 2. The Bertz CT molecular complexity index is 847. The third-order valence-corrected chi connectivity index (χ3v) is 4.91. The third-order valence-electron chi connectivity index (χ3n) is 4.91. The lowest BCUT2D eigenvalue weighted by atomic mass is 10.2. The Morgan fingerprint density at radius 2 is 1.79 bits per heavy atom. The molecular weight excluding hydrogens is 368 g/mol. The van der Waals surface area contributed by atoms with Crippen LogP contribution in [0.1, 0.15) is 17.3 Å². The summed E-state index contributed by atoms with van der Waals surface area (Å²) in [7, 11) is 1.68. The molecule has 0 radical (unpaired) electrons. The van der Waals surface area contributed by atoms with Crippen molar-refractivity contribution in [1.82, 2.24) is 10.2 Å². The van der Waals surface area contributed by atoms with Gasteiger partial charge >= 0.3 is 0 Å². The Hall–Kier alpha value is -3.06. The number of piperazine rings is 1. The van der Waals surface area contributed by atoms with Crippen molar-refractivity contribution in [2.75, 3.05) is 56.6 Å².